The summed E-state index contributed by atoms with van der Waals surface area (Å²) >= 11 is 0. The van der Waals surface area contributed by atoms with E-state index in [1.807, 2.05) is 0 Å². The number of nitrogens with two attached hydrogens (primary N) is 1. The number of nitrogen functional groups attached to an aromatic ring is 1. The number of rotatable bonds is 5. The molecule has 1 atom stereocenters. The molecular weight excluding hydrogens is 217 g/mol. The van der Waals surface area contributed by atoms with Gasteiger partial charge in [-0.05, 0) is 45.0 Å². The van der Waals surface area contributed by atoms with Crippen LogP contribution in [0.2, 0.25) is 0 Å². The second kappa shape index (κ2) is 4.92. The fourth-order valence-electron chi connectivity index (χ4n) is 1.92. The molecule has 0 spiro atoms. The summed E-state index contributed by atoms with van der Waals surface area (Å²) in [6.07, 6.45) is 2.59. The van der Waals surface area contributed by atoms with Crippen molar-refractivity contribution in [2.24, 2.45) is 0 Å². The molecule has 0 aromatic heterocycles. The Balaban J connectivity index is 1.90. The molecule has 1 aliphatic rings. The van der Waals surface area contributed by atoms with Gasteiger partial charge in [0.25, 0.3) is 0 Å². The van der Waals surface area contributed by atoms with Gasteiger partial charge in [0.2, 0.25) is 0 Å². The first-order valence-corrected chi connectivity index (χ1v) is 6.08. The summed E-state index contributed by atoms with van der Waals surface area (Å²) in [5, 5.41) is 3.21. The number of hydrogen-bond donors (Lipinski definition) is 2. The van der Waals surface area contributed by atoms with E-state index in [2.05, 4.69) is 24.2 Å². The lowest BCUT2D eigenvalue weighted by atomic mass is 10.2. The summed E-state index contributed by atoms with van der Waals surface area (Å²) in [7, 11) is 2.14. The summed E-state index contributed by atoms with van der Waals surface area (Å²) in [6, 6.07) is 5.56. The Hall–Kier alpha value is -1.29. The van der Waals surface area contributed by atoms with Crippen LogP contribution < -0.4 is 11.1 Å². The third-order valence-corrected chi connectivity index (χ3v) is 3.42. The second-order valence-corrected chi connectivity index (χ2v) is 4.86. The average molecular weight is 237 g/mol. The molecule has 0 bridgehead atoms. The van der Waals surface area contributed by atoms with Gasteiger partial charge < -0.3 is 11.1 Å². The molecule has 17 heavy (non-hydrogen) atoms. The zero-order valence-corrected chi connectivity index (χ0v) is 10.4. The van der Waals surface area contributed by atoms with Crippen LogP contribution in [0.25, 0.3) is 0 Å². The summed E-state index contributed by atoms with van der Waals surface area (Å²) in [6.45, 7) is 2.95. The van der Waals surface area contributed by atoms with Gasteiger partial charge in [0.05, 0.1) is 11.4 Å². The fourth-order valence-corrected chi connectivity index (χ4v) is 1.92. The topological polar surface area (TPSA) is 41.3 Å². The fraction of sp³-hybridized carbons (Fsp3) is 0.538. The van der Waals surface area contributed by atoms with E-state index in [1.165, 1.54) is 25.0 Å². The van der Waals surface area contributed by atoms with Crippen molar-refractivity contribution in [1.29, 1.82) is 0 Å². The van der Waals surface area contributed by atoms with Gasteiger partial charge in [0, 0.05) is 18.6 Å². The smallest absolute Gasteiger partial charge is 0.125 e. The molecule has 1 aromatic carbocycles. The Morgan fingerprint density at radius 3 is 2.88 bits per heavy atom. The van der Waals surface area contributed by atoms with Gasteiger partial charge in [-0.2, -0.15) is 0 Å². The third-order valence-electron chi connectivity index (χ3n) is 3.42. The van der Waals surface area contributed by atoms with Crippen LogP contribution in [0.15, 0.2) is 18.2 Å². The molecule has 94 valence electrons. The lowest BCUT2D eigenvalue weighted by Crippen LogP contribution is -2.36. The Bertz CT molecular complexity index is 390. The highest BCUT2D eigenvalue weighted by Gasteiger charge is 2.28. The van der Waals surface area contributed by atoms with Crippen molar-refractivity contribution in [3.05, 3.63) is 24.0 Å². The maximum atomic E-state index is 13.1. The van der Waals surface area contributed by atoms with Crippen molar-refractivity contribution < 1.29 is 4.39 Å². The van der Waals surface area contributed by atoms with Crippen molar-refractivity contribution in [3.63, 3.8) is 0 Å². The predicted molar refractivity (Wildman–Crippen MR) is 69.5 cm³/mol. The van der Waals surface area contributed by atoms with Crippen molar-refractivity contribution in [2.75, 3.05) is 24.6 Å². The zero-order chi connectivity index (χ0) is 12.4. The molecular formula is C13H20FN3. The van der Waals surface area contributed by atoms with Crippen LogP contribution in [-0.2, 0) is 0 Å². The van der Waals surface area contributed by atoms with E-state index >= 15 is 0 Å². The lowest BCUT2D eigenvalue weighted by Gasteiger charge is -2.25. The minimum Gasteiger partial charge on any atom is -0.397 e. The highest BCUT2D eigenvalue weighted by atomic mass is 19.1. The molecule has 1 saturated carbocycles. The Labute approximate surface area is 102 Å². The highest BCUT2D eigenvalue weighted by molar-refractivity contribution is 5.65. The quantitative estimate of drug-likeness (QED) is 0.772. The number of anilines is 2. The minimum absolute atomic E-state index is 0.259. The molecule has 0 saturated heterocycles. The summed E-state index contributed by atoms with van der Waals surface area (Å²) in [4.78, 5) is 2.36. The van der Waals surface area contributed by atoms with E-state index in [-0.39, 0.29) is 5.82 Å². The lowest BCUT2D eigenvalue weighted by molar-refractivity contribution is 0.257. The first kappa shape index (κ1) is 12.2. The van der Waals surface area contributed by atoms with Crippen molar-refractivity contribution in [1.82, 2.24) is 4.90 Å². The van der Waals surface area contributed by atoms with Gasteiger partial charge in [0.15, 0.2) is 0 Å². The van der Waals surface area contributed by atoms with Gasteiger partial charge in [0.1, 0.15) is 5.82 Å². The van der Waals surface area contributed by atoms with Crippen molar-refractivity contribution >= 4 is 11.4 Å². The van der Waals surface area contributed by atoms with Gasteiger partial charge >= 0.3 is 0 Å². The van der Waals surface area contributed by atoms with E-state index in [0.717, 1.165) is 12.6 Å². The molecule has 1 aromatic rings. The monoisotopic (exact) mass is 237 g/mol. The first-order chi connectivity index (χ1) is 8.08. The molecule has 1 aliphatic carbocycles. The molecule has 0 amide bonds. The number of benzene rings is 1. The van der Waals surface area contributed by atoms with Crippen molar-refractivity contribution in [2.45, 2.75) is 31.8 Å². The summed E-state index contributed by atoms with van der Waals surface area (Å²) in [5.41, 5.74) is 7.05. The van der Waals surface area contributed by atoms with Crippen LogP contribution >= 0.6 is 0 Å². The number of hydrogen-bond acceptors (Lipinski definition) is 3. The van der Waals surface area contributed by atoms with E-state index < -0.39 is 0 Å². The van der Waals surface area contributed by atoms with Gasteiger partial charge in [-0.1, -0.05) is 0 Å². The molecule has 1 fully saturated rings. The minimum atomic E-state index is -0.259. The normalized spacial score (nSPS) is 17.2. The molecule has 3 N–H and O–H groups in total. The average Bonchev–Trinajstić information content (AvgIpc) is 3.13. The van der Waals surface area contributed by atoms with Crippen LogP contribution in [0.3, 0.4) is 0 Å². The standard InChI is InChI=1S/C13H20FN3/c1-9(17(2)11-4-5-11)8-16-13-7-10(14)3-6-12(13)15/h3,6-7,9,11,16H,4-5,8,15H2,1-2H3. The SMILES string of the molecule is CC(CNc1cc(F)ccc1N)N(C)C1CC1. The third kappa shape index (κ3) is 3.09. The molecule has 0 aliphatic heterocycles. The van der Waals surface area contributed by atoms with Crippen LogP contribution in [-0.4, -0.2) is 30.6 Å². The largest absolute Gasteiger partial charge is 0.397 e. The molecule has 4 heteroatoms. The van der Waals surface area contributed by atoms with Gasteiger partial charge in [-0.3, -0.25) is 4.90 Å². The van der Waals surface area contributed by atoms with Crippen molar-refractivity contribution in [3.8, 4) is 0 Å². The Kier molecular flexibility index (Phi) is 3.52. The maximum absolute atomic E-state index is 13.1. The van der Waals surface area contributed by atoms with Crippen LogP contribution in [0.5, 0.6) is 0 Å². The molecule has 1 unspecified atom stereocenters. The number of likely N-dealkylation sites (N-methyl/N-ethyl adjacent to an activating group) is 1. The predicted octanol–water partition coefficient (Wildman–Crippen LogP) is 2.30. The van der Waals surface area contributed by atoms with E-state index in [4.69, 9.17) is 5.73 Å². The van der Waals surface area contributed by atoms with Gasteiger partial charge in [-0.15, -0.1) is 0 Å². The Morgan fingerprint density at radius 2 is 2.24 bits per heavy atom. The highest BCUT2D eigenvalue weighted by Crippen LogP contribution is 2.27. The molecule has 0 heterocycles. The first-order valence-electron chi connectivity index (χ1n) is 6.08. The summed E-state index contributed by atoms with van der Waals surface area (Å²) in [5.74, 6) is -0.259. The number of nitrogens with zero attached hydrogens (tertiary/aromatic N) is 1. The van der Waals surface area contributed by atoms with Crippen LogP contribution in [0.4, 0.5) is 15.8 Å². The van der Waals surface area contributed by atoms with E-state index in [9.17, 15) is 4.39 Å². The Morgan fingerprint density at radius 1 is 1.53 bits per heavy atom. The number of halogens is 1. The van der Waals surface area contributed by atoms with Crippen LogP contribution in [0.1, 0.15) is 19.8 Å². The maximum Gasteiger partial charge on any atom is 0.125 e. The second-order valence-electron chi connectivity index (χ2n) is 4.86. The van der Waals surface area contributed by atoms with Crippen LogP contribution in [0, 0.1) is 5.82 Å². The molecule has 0 radical (unpaired) electrons. The van der Waals surface area contributed by atoms with Gasteiger partial charge in [-0.25, -0.2) is 4.39 Å². The van der Waals surface area contributed by atoms with E-state index in [0.29, 0.717) is 17.4 Å². The van der Waals surface area contributed by atoms with E-state index in [1.54, 1.807) is 6.07 Å². The summed E-state index contributed by atoms with van der Waals surface area (Å²) < 4.78 is 13.1. The number of nitrogens with one attached hydrogen (secondary N) is 1. The zero-order valence-electron chi connectivity index (χ0n) is 10.4. The molecule has 2 rings (SSSR count). The molecule has 3 nitrogen and oxygen atoms in total.